The number of hydrogen-bond donors (Lipinski definition) is 3. The van der Waals surface area contributed by atoms with Gasteiger partial charge in [-0.05, 0) is 44.5 Å². The molecule has 1 aromatic carbocycles. The van der Waals surface area contributed by atoms with Crippen molar-refractivity contribution in [3.8, 4) is 17.2 Å². The van der Waals surface area contributed by atoms with Gasteiger partial charge in [0.2, 0.25) is 0 Å². The van der Waals surface area contributed by atoms with Gasteiger partial charge in [0.05, 0.1) is 18.4 Å². The average molecular weight is 483 g/mol. The van der Waals surface area contributed by atoms with Crippen LogP contribution in [0.25, 0.3) is 0 Å². The number of carbonyl (C=O) groups is 2. The second kappa shape index (κ2) is 12.5. The van der Waals surface area contributed by atoms with Gasteiger partial charge in [0, 0.05) is 45.1 Å². The van der Waals surface area contributed by atoms with Crippen LogP contribution in [0.2, 0.25) is 0 Å². The maximum absolute atomic E-state index is 12.8. The Balaban J connectivity index is 1.77. The molecule has 0 unspecified atom stereocenters. The third kappa shape index (κ3) is 7.54. The van der Waals surface area contributed by atoms with Gasteiger partial charge in [0.1, 0.15) is 29.0 Å². The Hall–Kier alpha value is -3.92. The SMILES string of the molecule is CCN/C=C\C(=[NH2+])NC(=O)c1cc(Oc2ccc(C(=O)N3CCC3)nc2)cc(O[C@@H](C)COC)c1. The molecule has 10 heteroatoms. The quantitative estimate of drug-likeness (QED) is 0.324. The van der Waals surface area contributed by atoms with Crippen LogP contribution in [0.1, 0.15) is 41.1 Å². The number of ether oxygens (including phenoxy) is 3. The smallest absolute Gasteiger partial charge is 0.339 e. The third-order valence-electron chi connectivity index (χ3n) is 5.06. The van der Waals surface area contributed by atoms with Gasteiger partial charge in [-0.1, -0.05) is 0 Å². The number of rotatable bonds is 11. The molecule has 2 aromatic rings. The fraction of sp³-hybridized carbons (Fsp3) is 0.360. The highest BCUT2D eigenvalue weighted by atomic mass is 16.5. The Bertz CT molecular complexity index is 1070. The summed E-state index contributed by atoms with van der Waals surface area (Å²) in [6, 6.07) is 8.13. The van der Waals surface area contributed by atoms with Crippen molar-refractivity contribution in [1.82, 2.24) is 20.5 Å². The predicted molar refractivity (Wildman–Crippen MR) is 130 cm³/mol. The molecule has 1 saturated heterocycles. The fourth-order valence-corrected chi connectivity index (χ4v) is 3.23. The van der Waals surface area contributed by atoms with Crippen LogP contribution in [0.5, 0.6) is 17.2 Å². The molecule has 0 radical (unpaired) electrons. The summed E-state index contributed by atoms with van der Waals surface area (Å²) in [6.45, 7) is 6.42. The molecule has 1 fully saturated rings. The van der Waals surface area contributed by atoms with E-state index in [-0.39, 0.29) is 17.8 Å². The topological polar surface area (TPSA) is 128 Å². The Morgan fingerprint density at radius 3 is 2.60 bits per heavy atom. The molecular weight excluding hydrogens is 450 g/mol. The minimum atomic E-state index is -0.424. The average Bonchev–Trinajstić information content (AvgIpc) is 2.78. The normalized spacial score (nSPS) is 13.6. The van der Waals surface area contributed by atoms with Crippen LogP contribution in [0.4, 0.5) is 0 Å². The van der Waals surface area contributed by atoms with E-state index >= 15 is 0 Å². The fourth-order valence-electron chi connectivity index (χ4n) is 3.23. The second-order valence-electron chi connectivity index (χ2n) is 8.00. The van der Waals surface area contributed by atoms with Gasteiger partial charge in [-0.15, -0.1) is 0 Å². The van der Waals surface area contributed by atoms with Crippen molar-refractivity contribution < 1.29 is 29.2 Å². The molecule has 3 rings (SSSR count). The number of methoxy groups -OCH3 is 1. The van der Waals surface area contributed by atoms with E-state index in [9.17, 15) is 9.59 Å². The number of amides is 2. The lowest BCUT2D eigenvalue weighted by Gasteiger charge is -2.30. The van der Waals surface area contributed by atoms with Crippen LogP contribution >= 0.6 is 0 Å². The van der Waals surface area contributed by atoms with Gasteiger partial charge in [-0.2, -0.15) is 0 Å². The molecule has 1 atom stereocenters. The molecule has 1 aliphatic heterocycles. The van der Waals surface area contributed by atoms with Gasteiger partial charge in [-0.3, -0.25) is 10.2 Å². The number of carbonyl (C=O) groups excluding carboxylic acids is 2. The third-order valence-corrected chi connectivity index (χ3v) is 5.06. The molecule has 186 valence electrons. The first-order valence-corrected chi connectivity index (χ1v) is 11.5. The highest BCUT2D eigenvalue weighted by Crippen LogP contribution is 2.28. The lowest BCUT2D eigenvalue weighted by atomic mass is 10.1. The molecule has 1 aliphatic rings. The summed E-state index contributed by atoms with van der Waals surface area (Å²) >= 11 is 0. The minimum absolute atomic E-state index is 0.0960. The number of likely N-dealkylation sites (tertiary alicyclic amines) is 1. The highest BCUT2D eigenvalue weighted by Gasteiger charge is 2.22. The van der Waals surface area contributed by atoms with Crippen molar-refractivity contribution in [3.05, 3.63) is 60.1 Å². The summed E-state index contributed by atoms with van der Waals surface area (Å²) in [5, 5.41) is 11.5. The van der Waals surface area contributed by atoms with E-state index in [4.69, 9.17) is 19.6 Å². The molecule has 0 spiro atoms. The summed E-state index contributed by atoms with van der Waals surface area (Å²) in [7, 11) is 1.58. The van der Waals surface area contributed by atoms with E-state index in [1.165, 1.54) is 6.20 Å². The number of pyridine rings is 1. The minimum Gasteiger partial charge on any atom is -0.488 e. The van der Waals surface area contributed by atoms with Gasteiger partial charge in [0.25, 0.3) is 11.7 Å². The molecule has 10 nitrogen and oxygen atoms in total. The van der Waals surface area contributed by atoms with Crippen LogP contribution in [-0.2, 0) is 4.74 Å². The first-order chi connectivity index (χ1) is 16.9. The molecular formula is C25H32N5O5+. The molecule has 1 aromatic heterocycles. The van der Waals surface area contributed by atoms with Crippen LogP contribution < -0.4 is 25.5 Å². The number of nitrogens with one attached hydrogen (secondary N) is 2. The van der Waals surface area contributed by atoms with Crippen molar-refractivity contribution in [3.63, 3.8) is 0 Å². The lowest BCUT2D eigenvalue weighted by Crippen LogP contribution is -2.49. The first-order valence-electron chi connectivity index (χ1n) is 11.5. The predicted octanol–water partition coefficient (Wildman–Crippen LogP) is 1.14. The van der Waals surface area contributed by atoms with E-state index in [0.717, 1.165) is 26.1 Å². The van der Waals surface area contributed by atoms with E-state index in [2.05, 4.69) is 15.6 Å². The van der Waals surface area contributed by atoms with Crippen molar-refractivity contribution in [1.29, 1.82) is 0 Å². The lowest BCUT2D eigenvalue weighted by molar-refractivity contribution is -0.115. The molecule has 0 aliphatic carbocycles. The number of benzene rings is 1. The summed E-state index contributed by atoms with van der Waals surface area (Å²) in [6.07, 6.45) is 5.46. The van der Waals surface area contributed by atoms with E-state index in [0.29, 0.717) is 35.1 Å². The van der Waals surface area contributed by atoms with Gasteiger partial charge in [0.15, 0.2) is 0 Å². The zero-order chi connectivity index (χ0) is 25.2. The Labute approximate surface area is 204 Å². The standard InChI is InChI=1S/C25H31N5O5/c1-4-27-9-8-23(26)29-24(31)18-12-20(34-17(2)16-33-3)14-21(13-18)35-19-6-7-22(28-15-19)25(32)30-10-5-11-30/h6-9,12-15,17,27H,4-5,10-11,16H2,1-3H3,(H2,26,29,31)/p+1/b9-8-/t17-/m0/s1. The zero-order valence-electron chi connectivity index (χ0n) is 20.2. The maximum atomic E-state index is 12.8. The van der Waals surface area contributed by atoms with Gasteiger partial charge in [-0.25, -0.2) is 15.1 Å². The summed E-state index contributed by atoms with van der Waals surface area (Å²) in [5.41, 5.74) is 0.652. The largest absolute Gasteiger partial charge is 0.488 e. The summed E-state index contributed by atoms with van der Waals surface area (Å²) in [5.74, 6) is 0.870. The summed E-state index contributed by atoms with van der Waals surface area (Å²) in [4.78, 5) is 31.1. The molecule has 0 saturated carbocycles. The van der Waals surface area contributed by atoms with Gasteiger partial charge >= 0.3 is 5.91 Å². The molecule has 4 N–H and O–H groups in total. The number of hydrogen-bond acceptors (Lipinski definition) is 7. The number of amidine groups is 1. The monoisotopic (exact) mass is 482 g/mol. The molecule has 35 heavy (non-hydrogen) atoms. The molecule has 2 amide bonds. The Morgan fingerprint density at radius 2 is 1.97 bits per heavy atom. The van der Waals surface area contributed by atoms with Crippen LogP contribution in [-0.4, -0.2) is 67.0 Å². The van der Waals surface area contributed by atoms with Crippen molar-refractivity contribution in [2.75, 3.05) is 33.4 Å². The van der Waals surface area contributed by atoms with E-state index in [1.54, 1.807) is 54.6 Å². The highest BCUT2D eigenvalue weighted by molar-refractivity contribution is 6.08. The van der Waals surface area contributed by atoms with Crippen molar-refractivity contribution in [2.24, 2.45) is 0 Å². The van der Waals surface area contributed by atoms with Gasteiger partial charge < -0.3 is 24.4 Å². The number of nitrogens with zero attached hydrogens (tertiary/aromatic N) is 2. The maximum Gasteiger partial charge on any atom is 0.339 e. The van der Waals surface area contributed by atoms with Crippen LogP contribution in [0, 0.1) is 0 Å². The number of aromatic nitrogens is 1. The first kappa shape index (κ1) is 25.7. The van der Waals surface area contributed by atoms with Crippen LogP contribution in [0.3, 0.4) is 0 Å². The molecule has 0 bridgehead atoms. The Kier molecular flexibility index (Phi) is 9.19. The zero-order valence-corrected chi connectivity index (χ0v) is 20.2. The van der Waals surface area contributed by atoms with E-state index < -0.39 is 5.91 Å². The van der Waals surface area contributed by atoms with Crippen LogP contribution in [0.15, 0.2) is 48.8 Å². The van der Waals surface area contributed by atoms with Crippen molar-refractivity contribution in [2.45, 2.75) is 26.4 Å². The molecule has 2 heterocycles. The second-order valence-corrected chi connectivity index (χ2v) is 8.00. The van der Waals surface area contributed by atoms with E-state index in [1.807, 2.05) is 13.8 Å². The Morgan fingerprint density at radius 1 is 1.20 bits per heavy atom. The van der Waals surface area contributed by atoms with Crippen molar-refractivity contribution >= 4 is 17.6 Å². The number of nitrogens with two attached hydrogens (primary N) is 1. The summed E-state index contributed by atoms with van der Waals surface area (Å²) < 4.78 is 17.0.